The number of fused-ring (bicyclic) bond motifs is 1. The van der Waals surface area contributed by atoms with Crippen molar-refractivity contribution in [3.8, 4) is 0 Å². The molecule has 1 aromatic heterocycles. The number of nitrogens with zero attached hydrogens (tertiary/aromatic N) is 3. The van der Waals surface area contributed by atoms with E-state index in [2.05, 4.69) is 79.4 Å². The molecule has 134 heavy (non-hydrogen) atoms. The first-order valence-electron chi connectivity index (χ1n) is 45.3. The first-order valence-corrected chi connectivity index (χ1v) is 45.3. The summed E-state index contributed by atoms with van der Waals surface area (Å²) in [4.78, 5) is 285. The van der Waals surface area contributed by atoms with Crippen LogP contribution in [0.2, 0.25) is 0 Å². The number of H-pyrrole nitrogens is 1. The van der Waals surface area contributed by atoms with Crippen molar-refractivity contribution in [3.05, 3.63) is 71.9 Å². The fourth-order valence-electron chi connectivity index (χ4n) is 16.0. The van der Waals surface area contributed by atoms with Gasteiger partial charge in [0.25, 0.3) is 0 Å². The number of hydrogen-bond donors (Lipinski definition) is 20. The SMILES string of the molecule is CCC(C)C(NC(=O)C(C)(C)NC(=O)C(CCC(N)=O)NC(=O)C(C)(CC)NC(=O)C(Cc1c[nH]c2ccccc12)NC(C)=O)C(=O)NC(C(=O)NC(C)(C)C(=O)NC(CC(C)C)C(=O)NC(C)(C)C(=O)N1CCCC1C(=O)NC(CCC(N)=O)C(=O)NC(C)(C)C(=O)N1CC(O)CC1C(=O)NC(C)(CC)C(=O)N1CCCC1C(=O)NC(Cc1ccccc1)C(=O)NCC(=O)O)C(C)O. The summed E-state index contributed by atoms with van der Waals surface area (Å²) < 4.78 is 0. The van der Waals surface area contributed by atoms with Crippen LogP contribution in [-0.4, -0.2) is 285 Å². The van der Waals surface area contributed by atoms with Gasteiger partial charge in [-0.05, 0) is 163 Å². The number of para-hydroxylation sites is 1. The fourth-order valence-corrected chi connectivity index (χ4v) is 16.0. The molecule has 3 fully saturated rings. The number of carbonyl (C=O) groups is 20. The predicted molar refractivity (Wildman–Crippen MR) is 488 cm³/mol. The number of aliphatic hydroxyl groups is 2. The van der Waals surface area contributed by atoms with Gasteiger partial charge in [0.05, 0.1) is 12.2 Å². The maximum atomic E-state index is 14.8. The van der Waals surface area contributed by atoms with Gasteiger partial charge in [-0.1, -0.05) is 96.5 Å². The molecule has 15 atom stereocenters. The highest BCUT2D eigenvalue weighted by Crippen LogP contribution is 2.30. The smallest absolute Gasteiger partial charge is 0.322 e. The lowest BCUT2D eigenvalue weighted by atomic mass is 9.94. The second-order valence-corrected chi connectivity index (χ2v) is 38.0. The van der Waals surface area contributed by atoms with Crippen molar-refractivity contribution < 1.29 is 111 Å². The average Bonchev–Trinajstić information content (AvgIpc) is 1.59. The number of aromatic amines is 1. The molecule has 3 aromatic rings. The van der Waals surface area contributed by atoms with Crippen molar-refractivity contribution in [2.75, 3.05) is 26.2 Å². The summed E-state index contributed by atoms with van der Waals surface area (Å²) in [5, 5.41) is 68.5. The van der Waals surface area contributed by atoms with Gasteiger partial charge in [0, 0.05) is 75.8 Å². The third-order valence-corrected chi connectivity index (χ3v) is 24.5. The number of β-amino-alcohol motifs (C(OH)–C–C–N with tert-alkyl or cyclic N) is 1. The molecule has 6 rings (SSSR count). The van der Waals surface area contributed by atoms with Crippen molar-refractivity contribution in [2.45, 2.75) is 327 Å². The Morgan fingerprint density at radius 1 is 0.478 bits per heavy atom. The maximum Gasteiger partial charge on any atom is 0.322 e. The van der Waals surface area contributed by atoms with Crippen molar-refractivity contribution >= 4 is 129 Å². The second-order valence-electron chi connectivity index (χ2n) is 38.0. The van der Waals surface area contributed by atoms with Gasteiger partial charge < -0.3 is 121 Å². The van der Waals surface area contributed by atoms with Gasteiger partial charge in [-0.3, -0.25) is 95.9 Å². The van der Waals surface area contributed by atoms with Crippen LogP contribution in [0.3, 0.4) is 0 Å². The largest absolute Gasteiger partial charge is 0.480 e. The van der Waals surface area contributed by atoms with Crippen LogP contribution >= 0.6 is 0 Å². The van der Waals surface area contributed by atoms with Crippen LogP contribution in [0.25, 0.3) is 10.9 Å². The number of aromatic nitrogens is 1. The zero-order chi connectivity index (χ0) is 101. The zero-order valence-electron chi connectivity index (χ0n) is 79.8. The van der Waals surface area contributed by atoms with E-state index < -0.39 is 262 Å². The summed E-state index contributed by atoms with van der Waals surface area (Å²) in [6, 6.07) is 1.73. The molecule has 0 radical (unpaired) electrons. The van der Waals surface area contributed by atoms with Gasteiger partial charge in [0.1, 0.15) is 100 Å². The number of likely N-dealkylation sites (tertiary alicyclic amines) is 3. The molecule has 3 saturated heterocycles. The Bertz CT molecular complexity index is 4840. The van der Waals surface area contributed by atoms with Gasteiger partial charge in [0.2, 0.25) is 112 Å². The Kier molecular flexibility index (Phi) is 38.8. The van der Waals surface area contributed by atoms with E-state index in [4.69, 9.17) is 11.5 Å². The molecule has 0 aliphatic carbocycles. The molecule has 43 heteroatoms. The van der Waals surface area contributed by atoms with Crippen LogP contribution in [-0.2, 0) is 109 Å². The number of aliphatic hydroxyl groups excluding tert-OH is 2. The molecule has 3 aliphatic heterocycles. The van der Waals surface area contributed by atoms with Crippen LogP contribution in [0.1, 0.15) is 219 Å². The van der Waals surface area contributed by atoms with Crippen molar-refractivity contribution in [2.24, 2.45) is 23.3 Å². The van der Waals surface area contributed by atoms with Crippen LogP contribution in [0, 0.1) is 11.8 Å². The molecule has 19 amide bonds. The minimum Gasteiger partial charge on any atom is -0.480 e. The number of carboxylic acid groups (broad SMARTS) is 1. The Morgan fingerprint density at radius 3 is 1.46 bits per heavy atom. The topological polar surface area (TPSA) is 648 Å². The molecule has 740 valence electrons. The van der Waals surface area contributed by atoms with E-state index in [1.165, 1.54) is 92.9 Å². The standard InChI is InChI=1S/C91H138N20O23/c1-19-49(6)68(102-81(130)87(11,12)103-72(121)58(36-38-66(93)116)99-82(131)90(17,20-2)107-74(123)61(96-51(8)113)43-53-45-94-56-32-26-25-31-55(53)56)78(127)101-69(50(7)112)79(128)106-86(9,10)80(129)100-59(41-48(4)5)73(122)105-88(13,14)83(132)109-39-27-33-62(109)75(124)97-57(35-37-65(92)115)71(120)104-89(15,16)84(133)111-47-54(114)44-64(111)77(126)108-91(18,21-3)85(134)110-40-28-34-63(110)76(125)98-60(70(119)95-46-67(117)118)42-52-29-23-22-24-30-52/h22-26,29-32,45,48-50,54,57-64,68-69,94,112,114H,19-21,27-28,33-44,46-47H2,1-18H3,(H2,92,115)(H2,93,116)(H,95,119)(H,96,113)(H,97,124)(H,98,125)(H,99,131)(H,100,129)(H,101,127)(H,102,130)(H,103,121)(H,104,120)(H,105,122)(H,106,128)(H,107,123)(H,108,126)(H,117,118). The van der Waals surface area contributed by atoms with E-state index in [0.29, 0.717) is 17.5 Å². The highest BCUT2D eigenvalue weighted by molar-refractivity contribution is 6.04. The lowest BCUT2D eigenvalue weighted by Crippen LogP contribution is -2.66. The van der Waals surface area contributed by atoms with E-state index in [-0.39, 0.29) is 89.6 Å². The third kappa shape index (κ3) is 29.9. The molecule has 0 saturated carbocycles. The van der Waals surface area contributed by atoms with Gasteiger partial charge in [-0.25, -0.2) is 0 Å². The van der Waals surface area contributed by atoms with E-state index >= 15 is 0 Å². The van der Waals surface area contributed by atoms with Crippen molar-refractivity contribution in [3.63, 3.8) is 0 Å². The minimum atomic E-state index is -1.95. The average molecular weight is 1880 g/mol. The van der Waals surface area contributed by atoms with Crippen molar-refractivity contribution in [1.82, 2.24) is 94.1 Å². The van der Waals surface area contributed by atoms with Crippen LogP contribution < -0.4 is 85.9 Å². The Balaban J connectivity index is 1.08. The Hall–Kier alpha value is -12.7. The number of carboxylic acids is 1. The van der Waals surface area contributed by atoms with E-state index in [1.54, 1.807) is 78.1 Å². The number of aliphatic carboxylic acids is 1. The fraction of sp³-hybridized carbons (Fsp3) is 0.626. The summed E-state index contributed by atoms with van der Waals surface area (Å²) in [6.07, 6.45) is -2.43. The number of primary amides is 2. The summed E-state index contributed by atoms with van der Waals surface area (Å²) in [7, 11) is 0. The van der Waals surface area contributed by atoms with Gasteiger partial charge in [-0.2, -0.15) is 0 Å². The highest BCUT2D eigenvalue weighted by atomic mass is 16.4. The number of rotatable bonds is 48. The molecule has 3 aliphatic rings. The highest BCUT2D eigenvalue weighted by Gasteiger charge is 2.52. The molecule has 22 N–H and O–H groups in total. The zero-order valence-corrected chi connectivity index (χ0v) is 79.8. The van der Waals surface area contributed by atoms with Crippen LogP contribution in [0.4, 0.5) is 0 Å². The summed E-state index contributed by atoms with van der Waals surface area (Å²) in [5.74, 6) is -18.8. The van der Waals surface area contributed by atoms with Crippen LogP contribution in [0.5, 0.6) is 0 Å². The first kappa shape index (κ1) is 110. The number of carbonyl (C=O) groups excluding carboxylic acids is 19. The summed E-state index contributed by atoms with van der Waals surface area (Å²) in [5.41, 5.74) is 2.02. The number of amides is 19. The van der Waals surface area contributed by atoms with E-state index in [0.717, 1.165) is 15.8 Å². The van der Waals surface area contributed by atoms with Gasteiger partial charge in [-0.15, -0.1) is 0 Å². The molecule has 0 spiro atoms. The molecule has 0 bridgehead atoms. The van der Waals surface area contributed by atoms with E-state index in [1.807, 2.05) is 24.3 Å². The summed E-state index contributed by atoms with van der Waals surface area (Å²) >= 11 is 0. The molecule has 15 unspecified atom stereocenters. The number of nitrogens with one attached hydrogen (secondary N) is 15. The summed E-state index contributed by atoms with van der Waals surface area (Å²) in [6.45, 7) is 24.4. The lowest BCUT2D eigenvalue weighted by Gasteiger charge is -2.38. The third-order valence-electron chi connectivity index (χ3n) is 24.5. The molecular weight excluding hydrogens is 1740 g/mol. The monoisotopic (exact) mass is 1880 g/mol. The Morgan fingerprint density at radius 2 is 0.948 bits per heavy atom. The molecule has 43 nitrogen and oxygen atoms in total. The number of hydrogen-bond acceptors (Lipinski definition) is 22. The van der Waals surface area contributed by atoms with E-state index in [9.17, 15) is 111 Å². The predicted octanol–water partition coefficient (Wildman–Crippen LogP) is -2.34. The Labute approximate surface area is 779 Å². The second kappa shape index (κ2) is 47.3. The first-order chi connectivity index (χ1) is 62.4. The van der Waals surface area contributed by atoms with Crippen LogP contribution in [0.15, 0.2) is 60.8 Å². The van der Waals surface area contributed by atoms with Crippen molar-refractivity contribution in [1.29, 1.82) is 0 Å². The van der Waals surface area contributed by atoms with Gasteiger partial charge >= 0.3 is 5.97 Å². The maximum absolute atomic E-state index is 14.8. The normalized spacial score (nSPS) is 18.6. The van der Waals surface area contributed by atoms with Gasteiger partial charge in [0.15, 0.2) is 0 Å². The molecule has 2 aromatic carbocycles. The molecular formula is C91H138N20O23. The minimum absolute atomic E-state index is 0.0212. The number of benzene rings is 2. The molecule has 4 heterocycles. The number of nitrogens with two attached hydrogens (primary N) is 2. The quantitative estimate of drug-likeness (QED) is 0.0282. The lowest BCUT2D eigenvalue weighted by molar-refractivity contribution is -0.149.